The van der Waals surface area contributed by atoms with Gasteiger partial charge in [-0.25, -0.2) is 0 Å². The third-order valence-corrected chi connectivity index (χ3v) is 5.22. The number of nitrogens with one attached hydrogen (secondary N) is 3. The molecule has 0 aliphatic carbocycles. The number of amides is 2. The lowest BCUT2D eigenvalue weighted by molar-refractivity contribution is -0.124. The Kier molecular flexibility index (Phi) is 7.04. The Morgan fingerprint density at radius 2 is 1.78 bits per heavy atom. The van der Waals surface area contributed by atoms with Gasteiger partial charge in [0.05, 0.1) is 0 Å². The molecule has 1 aliphatic rings. The maximum Gasteiger partial charge on any atom is 0.251 e. The topological polar surface area (TPSA) is 70.2 Å². The summed E-state index contributed by atoms with van der Waals surface area (Å²) in [6, 6.07) is 7.66. The van der Waals surface area contributed by atoms with Crippen LogP contribution in [0.25, 0.3) is 0 Å². The van der Waals surface area contributed by atoms with E-state index in [-0.39, 0.29) is 29.2 Å². The first-order valence-electron chi connectivity index (χ1n) is 10.0. The summed E-state index contributed by atoms with van der Waals surface area (Å²) in [6.07, 6.45) is 1.84. The number of hydrogen-bond donors (Lipinski definition) is 3. The van der Waals surface area contributed by atoms with Crippen molar-refractivity contribution in [3.63, 3.8) is 0 Å². The maximum absolute atomic E-state index is 12.8. The minimum absolute atomic E-state index is 0.0157. The van der Waals surface area contributed by atoms with Gasteiger partial charge in [-0.3, -0.25) is 9.59 Å². The van der Waals surface area contributed by atoms with Gasteiger partial charge in [0.2, 0.25) is 5.91 Å². The first-order valence-corrected chi connectivity index (χ1v) is 10.0. The number of rotatable bonds is 5. The third kappa shape index (κ3) is 6.06. The van der Waals surface area contributed by atoms with Gasteiger partial charge < -0.3 is 16.0 Å². The van der Waals surface area contributed by atoms with Crippen molar-refractivity contribution in [2.75, 3.05) is 6.54 Å². The van der Waals surface area contributed by atoms with Gasteiger partial charge >= 0.3 is 0 Å². The minimum atomic E-state index is -0.537. The van der Waals surface area contributed by atoms with Gasteiger partial charge in [0, 0.05) is 17.6 Å². The van der Waals surface area contributed by atoms with Crippen molar-refractivity contribution in [3.05, 3.63) is 35.4 Å². The van der Waals surface area contributed by atoms with Crippen LogP contribution in [0.5, 0.6) is 0 Å². The Morgan fingerprint density at radius 3 is 2.30 bits per heavy atom. The lowest BCUT2D eigenvalue weighted by atomic mass is 9.86. The van der Waals surface area contributed by atoms with Crippen molar-refractivity contribution >= 4 is 11.8 Å². The van der Waals surface area contributed by atoms with Gasteiger partial charge in [-0.05, 0) is 55.3 Å². The molecule has 150 valence electrons. The molecule has 1 fully saturated rings. The highest BCUT2D eigenvalue weighted by Crippen LogP contribution is 2.22. The molecule has 1 saturated heterocycles. The van der Waals surface area contributed by atoms with E-state index in [1.165, 1.54) is 5.56 Å². The molecule has 1 heterocycles. The van der Waals surface area contributed by atoms with E-state index in [4.69, 9.17) is 0 Å². The standard InChI is InChI=1S/C22H35N3O2/c1-14(2)19(21(27)24-18-11-12-23-15(3)13-18)25-20(26)16-7-9-17(10-8-16)22(4,5)6/h7-10,14-15,18-19,23H,11-13H2,1-6H3,(H,24,27)(H,25,26). The van der Waals surface area contributed by atoms with E-state index in [0.29, 0.717) is 11.6 Å². The van der Waals surface area contributed by atoms with Crippen molar-refractivity contribution in [3.8, 4) is 0 Å². The van der Waals surface area contributed by atoms with E-state index < -0.39 is 6.04 Å². The highest BCUT2D eigenvalue weighted by atomic mass is 16.2. The van der Waals surface area contributed by atoms with E-state index in [1.54, 1.807) is 0 Å². The van der Waals surface area contributed by atoms with Crippen LogP contribution in [-0.4, -0.2) is 36.5 Å². The lowest BCUT2D eigenvalue weighted by Crippen LogP contribution is -2.54. The van der Waals surface area contributed by atoms with Gasteiger partial charge in [-0.15, -0.1) is 0 Å². The Labute approximate surface area is 163 Å². The van der Waals surface area contributed by atoms with Gasteiger partial charge in [0.15, 0.2) is 0 Å². The summed E-state index contributed by atoms with van der Waals surface area (Å²) >= 11 is 0. The van der Waals surface area contributed by atoms with E-state index in [2.05, 4.69) is 43.6 Å². The Bertz CT molecular complexity index is 647. The fourth-order valence-corrected chi connectivity index (χ4v) is 3.44. The van der Waals surface area contributed by atoms with Crippen molar-refractivity contribution < 1.29 is 9.59 Å². The minimum Gasteiger partial charge on any atom is -0.351 e. The van der Waals surface area contributed by atoms with Gasteiger partial charge in [0.1, 0.15) is 6.04 Å². The number of piperidine rings is 1. The average Bonchev–Trinajstić information content (AvgIpc) is 2.58. The normalized spacial score (nSPS) is 21.6. The van der Waals surface area contributed by atoms with Crippen molar-refractivity contribution in [1.82, 2.24) is 16.0 Å². The molecule has 3 unspecified atom stereocenters. The Hall–Kier alpha value is -1.88. The Morgan fingerprint density at radius 1 is 1.15 bits per heavy atom. The monoisotopic (exact) mass is 373 g/mol. The smallest absolute Gasteiger partial charge is 0.251 e. The van der Waals surface area contributed by atoms with Crippen LogP contribution < -0.4 is 16.0 Å². The van der Waals surface area contributed by atoms with Crippen LogP contribution in [0.3, 0.4) is 0 Å². The molecular weight excluding hydrogens is 338 g/mol. The first kappa shape index (κ1) is 21.4. The average molecular weight is 374 g/mol. The fraction of sp³-hybridized carbons (Fsp3) is 0.636. The van der Waals surface area contributed by atoms with Gasteiger partial charge in [-0.2, -0.15) is 0 Å². The molecule has 0 radical (unpaired) electrons. The van der Waals surface area contributed by atoms with E-state index in [0.717, 1.165) is 19.4 Å². The molecule has 3 N–H and O–H groups in total. The molecule has 0 bridgehead atoms. The zero-order valence-corrected chi connectivity index (χ0v) is 17.6. The molecule has 2 rings (SSSR count). The summed E-state index contributed by atoms with van der Waals surface area (Å²) in [5, 5.41) is 9.43. The molecule has 5 nitrogen and oxygen atoms in total. The second-order valence-electron chi connectivity index (χ2n) is 9.11. The zero-order chi connectivity index (χ0) is 20.2. The van der Waals surface area contributed by atoms with E-state index in [9.17, 15) is 9.59 Å². The molecule has 5 heteroatoms. The van der Waals surface area contributed by atoms with Crippen LogP contribution in [0, 0.1) is 5.92 Å². The molecule has 1 aromatic rings. The van der Waals surface area contributed by atoms with E-state index >= 15 is 0 Å². The lowest BCUT2D eigenvalue weighted by Gasteiger charge is -2.31. The summed E-state index contributed by atoms with van der Waals surface area (Å²) in [5.41, 5.74) is 1.80. The highest BCUT2D eigenvalue weighted by Gasteiger charge is 2.28. The highest BCUT2D eigenvalue weighted by molar-refractivity contribution is 5.97. The summed E-state index contributed by atoms with van der Waals surface area (Å²) in [4.78, 5) is 25.4. The summed E-state index contributed by atoms with van der Waals surface area (Å²) in [7, 11) is 0. The number of carbonyl (C=O) groups is 2. The quantitative estimate of drug-likeness (QED) is 0.743. The van der Waals surface area contributed by atoms with Crippen molar-refractivity contribution in [2.24, 2.45) is 5.92 Å². The molecule has 0 saturated carbocycles. The molecular formula is C22H35N3O2. The molecule has 1 aliphatic heterocycles. The molecule has 0 spiro atoms. The predicted octanol–water partition coefficient (Wildman–Crippen LogP) is 3.00. The number of carbonyl (C=O) groups excluding carboxylic acids is 2. The van der Waals surface area contributed by atoms with Crippen LogP contribution in [0.4, 0.5) is 0 Å². The van der Waals surface area contributed by atoms with Crippen LogP contribution in [0.15, 0.2) is 24.3 Å². The molecule has 0 aromatic heterocycles. The largest absolute Gasteiger partial charge is 0.351 e. The summed E-state index contributed by atoms with van der Waals surface area (Å²) in [5.74, 6) is -0.284. The van der Waals surface area contributed by atoms with Crippen LogP contribution in [-0.2, 0) is 10.2 Å². The second kappa shape index (κ2) is 8.87. The second-order valence-corrected chi connectivity index (χ2v) is 9.11. The Balaban J connectivity index is 2.02. The van der Waals surface area contributed by atoms with Gasteiger partial charge in [0.25, 0.3) is 5.91 Å². The number of hydrogen-bond acceptors (Lipinski definition) is 3. The zero-order valence-electron chi connectivity index (χ0n) is 17.6. The maximum atomic E-state index is 12.8. The fourth-order valence-electron chi connectivity index (χ4n) is 3.44. The van der Waals surface area contributed by atoms with Crippen LogP contribution in [0.1, 0.15) is 70.3 Å². The SMILES string of the molecule is CC1CC(NC(=O)C(NC(=O)c2ccc(C(C)(C)C)cc2)C(C)C)CCN1. The molecule has 2 amide bonds. The summed E-state index contributed by atoms with van der Waals surface area (Å²) < 4.78 is 0. The first-order chi connectivity index (χ1) is 12.6. The molecule has 27 heavy (non-hydrogen) atoms. The summed E-state index contributed by atoms with van der Waals surface area (Å²) in [6.45, 7) is 13.4. The van der Waals surface area contributed by atoms with E-state index in [1.807, 2.05) is 38.1 Å². The third-order valence-electron chi connectivity index (χ3n) is 5.22. The number of benzene rings is 1. The van der Waals surface area contributed by atoms with Crippen LogP contribution >= 0.6 is 0 Å². The van der Waals surface area contributed by atoms with Crippen molar-refractivity contribution in [1.29, 1.82) is 0 Å². The molecule has 1 aromatic carbocycles. The van der Waals surface area contributed by atoms with Crippen LogP contribution in [0.2, 0.25) is 0 Å². The predicted molar refractivity (Wildman–Crippen MR) is 110 cm³/mol. The van der Waals surface area contributed by atoms with Gasteiger partial charge in [-0.1, -0.05) is 46.8 Å². The molecule has 3 atom stereocenters. The van der Waals surface area contributed by atoms with Crippen molar-refractivity contribution in [2.45, 2.75) is 77.9 Å².